The number of halogens is 1. The highest BCUT2D eigenvalue weighted by atomic mass is 35.5. The van der Waals surface area contributed by atoms with Crippen LogP contribution in [0.4, 0.5) is 5.69 Å². The van der Waals surface area contributed by atoms with Gasteiger partial charge >= 0.3 is 0 Å². The van der Waals surface area contributed by atoms with E-state index in [0.717, 1.165) is 17.0 Å². The van der Waals surface area contributed by atoms with Crippen LogP contribution in [0.5, 0.6) is 0 Å². The number of nitrogens with zero attached hydrogens (tertiary/aromatic N) is 1. The molecule has 92 valence electrons. The third-order valence-corrected chi connectivity index (χ3v) is 4.14. The Labute approximate surface area is 114 Å². The highest BCUT2D eigenvalue weighted by Gasteiger charge is 2.18. The fourth-order valence-electron chi connectivity index (χ4n) is 1.34. The molecule has 0 radical (unpaired) electrons. The molecule has 17 heavy (non-hydrogen) atoms. The Bertz CT molecular complexity index is 450. The first-order valence-corrected chi connectivity index (χ1v) is 6.48. The molecule has 3 heteroatoms. The second-order valence-electron chi connectivity index (χ2n) is 4.70. The first-order valence-electron chi connectivity index (χ1n) is 5.47. The number of allylic oxidation sites excluding steroid dienone is 1. The van der Waals surface area contributed by atoms with Crippen LogP contribution < -0.4 is 0 Å². The van der Waals surface area contributed by atoms with E-state index in [2.05, 4.69) is 51.2 Å². The Balaban J connectivity index is 3.27. The zero-order valence-electron chi connectivity index (χ0n) is 10.5. The molecule has 1 aromatic rings. The second kappa shape index (κ2) is 5.74. The SMILES string of the molecule is C=Nc1cccc(Cl)c1/C=C(\C)C(C)(C)CS. The number of hydrogen-bond acceptors (Lipinski definition) is 2. The van der Waals surface area contributed by atoms with Crippen molar-refractivity contribution in [2.45, 2.75) is 20.8 Å². The summed E-state index contributed by atoms with van der Waals surface area (Å²) in [7, 11) is 0. The largest absolute Gasteiger partial charge is 0.264 e. The van der Waals surface area contributed by atoms with Crippen molar-refractivity contribution in [3.63, 3.8) is 0 Å². The van der Waals surface area contributed by atoms with Gasteiger partial charge in [-0.25, -0.2) is 0 Å². The molecule has 1 rings (SSSR count). The summed E-state index contributed by atoms with van der Waals surface area (Å²) in [5, 5.41) is 0.698. The monoisotopic (exact) mass is 267 g/mol. The van der Waals surface area contributed by atoms with Crippen LogP contribution in [0, 0.1) is 5.41 Å². The molecule has 0 aliphatic heterocycles. The van der Waals surface area contributed by atoms with Gasteiger partial charge in [-0.1, -0.05) is 43.2 Å². The van der Waals surface area contributed by atoms with E-state index in [1.807, 2.05) is 18.2 Å². The number of benzene rings is 1. The van der Waals surface area contributed by atoms with Crippen LogP contribution in [0.1, 0.15) is 26.3 Å². The third kappa shape index (κ3) is 3.36. The first kappa shape index (κ1) is 14.3. The van der Waals surface area contributed by atoms with Crippen LogP contribution >= 0.6 is 24.2 Å². The zero-order valence-corrected chi connectivity index (χ0v) is 12.1. The Kier molecular flexibility index (Phi) is 4.84. The van der Waals surface area contributed by atoms with Crippen molar-refractivity contribution in [1.29, 1.82) is 0 Å². The molecule has 0 unspecified atom stereocenters. The van der Waals surface area contributed by atoms with Crippen molar-refractivity contribution >= 4 is 42.7 Å². The summed E-state index contributed by atoms with van der Waals surface area (Å²) in [5.74, 6) is 0.788. The number of hydrogen-bond donors (Lipinski definition) is 1. The maximum atomic E-state index is 6.19. The van der Waals surface area contributed by atoms with Gasteiger partial charge in [0.1, 0.15) is 0 Å². The molecule has 0 N–H and O–H groups in total. The van der Waals surface area contributed by atoms with Gasteiger partial charge in [-0.3, -0.25) is 4.99 Å². The topological polar surface area (TPSA) is 12.4 Å². The summed E-state index contributed by atoms with van der Waals surface area (Å²) in [4.78, 5) is 3.99. The van der Waals surface area contributed by atoms with Crippen LogP contribution in [0.3, 0.4) is 0 Å². The van der Waals surface area contributed by atoms with Gasteiger partial charge in [0.2, 0.25) is 0 Å². The van der Waals surface area contributed by atoms with Crippen LogP contribution in [0.15, 0.2) is 28.8 Å². The average Bonchev–Trinajstić information content (AvgIpc) is 2.31. The van der Waals surface area contributed by atoms with Crippen LogP contribution in [-0.4, -0.2) is 12.5 Å². The summed E-state index contributed by atoms with van der Waals surface area (Å²) in [5.41, 5.74) is 3.01. The Morgan fingerprint density at radius 1 is 1.53 bits per heavy atom. The fourth-order valence-corrected chi connectivity index (χ4v) is 1.82. The average molecular weight is 268 g/mol. The summed E-state index contributed by atoms with van der Waals surface area (Å²) in [6.45, 7) is 9.97. The highest BCUT2D eigenvalue weighted by molar-refractivity contribution is 7.80. The second-order valence-corrected chi connectivity index (χ2v) is 5.42. The quantitative estimate of drug-likeness (QED) is 0.580. The Morgan fingerprint density at radius 2 is 2.18 bits per heavy atom. The molecule has 0 saturated carbocycles. The standard InChI is InChI=1S/C14H18ClNS/c1-10(14(2,3)9-17)8-11-12(15)6-5-7-13(11)16-4/h5-8,17H,4,9H2,1-3H3/b10-8+. The van der Waals surface area contributed by atoms with Crippen LogP contribution in [0.2, 0.25) is 5.02 Å². The minimum Gasteiger partial charge on any atom is -0.264 e. The normalized spacial score (nSPS) is 12.6. The Hall–Kier alpha value is -0.730. The molecule has 1 aromatic carbocycles. The molecule has 0 aromatic heterocycles. The molecule has 0 spiro atoms. The predicted molar refractivity (Wildman–Crippen MR) is 81.9 cm³/mol. The van der Waals surface area contributed by atoms with Gasteiger partial charge in [0.25, 0.3) is 0 Å². The van der Waals surface area contributed by atoms with Crippen molar-refractivity contribution in [3.05, 3.63) is 34.4 Å². The van der Waals surface area contributed by atoms with Gasteiger partial charge in [-0.2, -0.15) is 12.6 Å². The van der Waals surface area contributed by atoms with E-state index in [0.29, 0.717) is 5.02 Å². The molecule has 0 aliphatic rings. The van der Waals surface area contributed by atoms with Gasteiger partial charge < -0.3 is 0 Å². The fraction of sp³-hybridized carbons (Fsp3) is 0.357. The van der Waals surface area contributed by atoms with Crippen molar-refractivity contribution in [2.75, 3.05) is 5.75 Å². The van der Waals surface area contributed by atoms with Gasteiger partial charge in [0, 0.05) is 10.6 Å². The molecule has 0 amide bonds. The van der Waals surface area contributed by atoms with Gasteiger partial charge in [-0.15, -0.1) is 0 Å². The number of thiol groups is 1. The van der Waals surface area contributed by atoms with E-state index >= 15 is 0 Å². The van der Waals surface area contributed by atoms with E-state index in [9.17, 15) is 0 Å². The molecule has 1 nitrogen and oxygen atoms in total. The lowest BCUT2D eigenvalue weighted by molar-refractivity contribution is 0.521. The van der Waals surface area contributed by atoms with Gasteiger partial charge in [0.15, 0.2) is 0 Å². The smallest absolute Gasteiger partial charge is 0.0709 e. The van der Waals surface area contributed by atoms with Crippen molar-refractivity contribution in [2.24, 2.45) is 10.4 Å². The lowest BCUT2D eigenvalue weighted by Gasteiger charge is -2.23. The Morgan fingerprint density at radius 3 is 2.71 bits per heavy atom. The van der Waals surface area contributed by atoms with E-state index in [1.165, 1.54) is 5.57 Å². The minimum atomic E-state index is 0.0424. The lowest BCUT2D eigenvalue weighted by atomic mass is 9.86. The summed E-state index contributed by atoms with van der Waals surface area (Å²) >= 11 is 10.6. The lowest BCUT2D eigenvalue weighted by Crippen LogP contribution is -2.14. The number of rotatable bonds is 4. The summed E-state index contributed by atoms with van der Waals surface area (Å²) < 4.78 is 0. The minimum absolute atomic E-state index is 0.0424. The van der Waals surface area contributed by atoms with E-state index in [1.54, 1.807) is 0 Å². The van der Waals surface area contributed by atoms with Crippen LogP contribution in [0.25, 0.3) is 6.08 Å². The summed E-state index contributed by atoms with van der Waals surface area (Å²) in [6.07, 6.45) is 2.07. The third-order valence-electron chi connectivity index (χ3n) is 3.02. The molecule has 0 atom stereocenters. The zero-order chi connectivity index (χ0) is 13.1. The molecule has 0 saturated heterocycles. The van der Waals surface area contributed by atoms with Gasteiger partial charge in [0.05, 0.1) is 5.69 Å². The molecular formula is C14H18ClNS. The van der Waals surface area contributed by atoms with E-state index < -0.39 is 0 Å². The van der Waals surface area contributed by atoms with E-state index in [4.69, 9.17) is 11.6 Å². The maximum Gasteiger partial charge on any atom is 0.0709 e. The number of aliphatic imine (C=N–C) groups is 1. The molecule has 0 aliphatic carbocycles. The maximum absolute atomic E-state index is 6.19. The first-order chi connectivity index (χ1) is 7.92. The molecule has 0 fully saturated rings. The van der Waals surface area contributed by atoms with Crippen molar-refractivity contribution in [3.8, 4) is 0 Å². The van der Waals surface area contributed by atoms with Gasteiger partial charge in [-0.05, 0) is 36.9 Å². The molecular weight excluding hydrogens is 250 g/mol. The summed E-state index contributed by atoms with van der Waals surface area (Å²) in [6, 6.07) is 5.65. The molecule has 0 heterocycles. The van der Waals surface area contributed by atoms with E-state index in [-0.39, 0.29) is 5.41 Å². The predicted octanol–water partition coefficient (Wildman–Crippen LogP) is 5.03. The highest BCUT2D eigenvalue weighted by Crippen LogP contribution is 2.34. The van der Waals surface area contributed by atoms with Crippen molar-refractivity contribution < 1.29 is 0 Å². The van der Waals surface area contributed by atoms with Crippen molar-refractivity contribution in [1.82, 2.24) is 0 Å². The molecule has 0 bridgehead atoms. The van der Waals surface area contributed by atoms with Crippen LogP contribution in [-0.2, 0) is 0 Å².